The van der Waals surface area contributed by atoms with Gasteiger partial charge in [-0.3, -0.25) is 14.3 Å². The highest BCUT2D eigenvalue weighted by molar-refractivity contribution is 5.90. The van der Waals surface area contributed by atoms with Gasteiger partial charge in [0, 0.05) is 18.2 Å². The molecule has 1 aliphatic carbocycles. The van der Waals surface area contributed by atoms with Crippen molar-refractivity contribution in [2.45, 2.75) is 37.2 Å². The topological polar surface area (TPSA) is 80.2 Å². The number of anilines is 1. The second-order valence-corrected chi connectivity index (χ2v) is 9.10. The van der Waals surface area contributed by atoms with Gasteiger partial charge in [0.15, 0.2) is 0 Å². The van der Waals surface area contributed by atoms with E-state index in [1.165, 1.54) is 17.0 Å². The Hall–Kier alpha value is -3.94. The monoisotopic (exact) mass is 458 g/mol. The Kier molecular flexibility index (Phi) is 4.76. The van der Waals surface area contributed by atoms with Crippen LogP contribution in [-0.2, 0) is 4.74 Å². The van der Waals surface area contributed by atoms with E-state index in [2.05, 4.69) is 4.98 Å². The number of hydrogen-bond acceptors (Lipinski definition) is 4. The molecule has 8 heteroatoms. The molecular formula is C26H23FN4O3. The standard InChI is InChI=1S/C26H23FN4O3/c27-19-5-1-2-6-22(19)31-16-26(34-25(31)33)12-10-17(11-13-26)24-28-20-9-8-18(15-21(20)29-24)30-14-4-3-7-23(30)32/h1-9,14-15,17H,10-13,16H2,(H,28,29)/t17-,26-. The number of aromatic amines is 1. The third-order valence-corrected chi connectivity index (χ3v) is 6.98. The van der Waals surface area contributed by atoms with Gasteiger partial charge in [0.2, 0.25) is 0 Å². The van der Waals surface area contributed by atoms with Gasteiger partial charge in [0.1, 0.15) is 17.2 Å². The number of H-pyrrole nitrogens is 1. The van der Waals surface area contributed by atoms with Crippen molar-refractivity contribution in [3.8, 4) is 5.69 Å². The Morgan fingerprint density at radius 1 is 1.03 bits per heavy atom. The van der Waals surface area contributed by atoms with Gasteiger partial charge < -0.3 is 9.72 Å². The number of aromatic nitrogens is 3. The van der Waals surface area contributed by atoms with Gasteiger partial charge in [0.25, 0.3) is 5.56 Å². The number of fused-ring (bicyclic) bond motifs is 1. The number of ether oxygens (including phenoxy) is 1. The molecule has 1 amide bonds. The fourth-order valence-electron chi connectivity index (χ4n) is 5.16. The van der Waals surface area contributed by atoms with Crippen molar-refractivity contribution in [1.82, 2.24) is 14.5 Å². The second kappa shape index (κ2) is 7.83. The highest BCUT2D eigenvalue weighted by Crippen LogP contribution is 2.44. The Balaban J connectivity index is 1.20. The molecule has 34 heavy (non-hydrogen) atoms. The maximum absolute atomic E-state index is 14.2. The van der Waals surface area contributed by atoms with E-state index in [9.17, 15) is 14.0 Å². The Bertz CT molecular complexity index is 1450. The molecule has 2 fully saturated rings. The van der Waals surface area contributed by atoms with Crippen LogP contribution in [0.2, 0.25) is 0 Å². The Labute approximate surface area is 194 Å². The van der Waals surface area contributed by atoms with Gasteiger partial charge in [-0.2, -0.15) is 0 Å². The zero-order valence-corrected chi connectivity index (χ0v) is 18.4. The molecule has 4 aromatic rings. The zero-order chi connectivity index (χ0) is 23.3. The number of halogens is 1. The second-order valence-electron chi connectivity index (χ2n) is 9.10. The molecule has 1 saturated heterocycles. The van der Waals surface area contributed by atoms with Crippen molar-refractivity contribution in [3.05, 3.63) is 88.9 Å². The Morgan fingerprint density at radius 2 is 1.82 bits per heavy atom. The number of imidazole rings is 1. The van der Waals surface area contributed by atoms with E-state index >= 15 is 0 Å². The minimum atomic E-state index is -0.594. The number of carbonyl (C=O) groups is 1. The zero-order valence-electron chi connectivity index (χ0n) is 18.4. The molecule has 1 saturated carbocycles. The molecule has 1 spiro atoms. The first-order valence-electron chi connectivity index (χ1n) is 11.4. The van der Waals surface area contributed by atoms with Crippen molar-refractivity contribution in [2.24, 2.45) is 0 Å². The molecule has 0 radical (unpaired) electrons. The molecule has 0 unspecified atom stereocenters. The summed E-state index contributed by atoms with van der Waals surface area (Å²) in [5.74, 6) is 0.685. The summed E-state index contributed by atoms with van der Waals surface area (Å²) in [5.41, 5.74) is 2.08. The highest BCUT2D eigenvalue weighted by Gasteiger charge is 2.48. The Morgan fingerprint density at radius 3 is 2.62 bits per heavy atom. The van der Waals surface area contributed by atoms with Gasteiger partial charge in [0.05, 0.1) is 29.0 Å². The third kappa shape index (κ3) is 3.46. The minimum Gasteiger partial charge on any atom is -0.441 e. The fraction of sp³-hybridized carbons (Fsp3) is 0.269. The normalized spacial score (nSPS) is 22.4. The predicted molar refractivity (Wildman–Crippen MR) is 126 cm³/mol. The first kappa shape index (κ1) is 20.7. The summed E-state index contributed by atoms with van der Waals surface area (Å²) in [4.78, 5) is 34.3. The van der Waals surface area contributed by atoms with E-state index in [0.717, 1.165) is 35.4 Å². The molecule has 6 rings (SSSR count). The molecule has 172 valence electrons. The van der Waals surface area contributed by atoms with E-state index in [1.54, 1.807) is 35.0 Å². The average Bonchev–Trinajstić information content (AvgIpc) is 3.40. The third-order valence-electron chi connectivity index (χ3n) is 6.98. The number of pyridine rings is 1. The number of nitrogens with one attached hydrogen (secondary N) is 1. The summed E-state index contributed by atoms with van der Waals surface area (Å²) in [7, 11) is 0. The molecule has 2 aromatic heterocycles. The molecule has 1 N–H and O–H groups in total. The average molecular weight is 458 g/mol. The smallest absolute Gasteiger partial charge is 0.415 e. The predicted octanol–water partition coefficient (Wildman–Crippen LogP) is 4.91. The summed E-state index contributed by atoms with van der Waals surface area (Å²) in [6, 6.07) is 17.1. The van der Waals surface area contributed by atoms with Crippen molar-refractivity contribution < 1.29 is 13.9 Å². The van der Waals surface area contributed by atoms with Gasteiger partial charge in [-0.15, -0.1) is 0 Å². The van der Waals surface area contributed by atoms with Crippen LogP contribution >= 0.6 is 0 Å². The van der Waals surface area contributed by atoms with Crippen molar-refractivity contribution in [2.75, 3.05) is 11.4 Å². The van der Waals surface area contributed by atoms with Gasteiger partial charge in [-0.1, -0.05) is 18.2 Å². The number of rotatable bonds is 3. The van der Waals surface area contributed by atoms with E-state index in [-0.39, 0.29) is 17.2 Å². The van der Waals surface area contributed by atoms with E-state index < -0.39 is 17.5 Å². The molecule has 0 atom stereocenters. The van der Waals surface area contributed by atoms with E-state index in [0.29, 0.717) is 19.4 Å². The summed E-state index contributed by atoms with van der Waals surface area (Å²) < 4.78 is 21.6. The SMILES string of the molecule is O=C1O[C@]2(CC[C@H](c3nc4ccc(-n5ccccc5=O)cc4[nH]3)CC2)CN1c1ccccc1F. The van der Waals surface area contributed by atoms with Crippen LogP contribution in [-0.4, -0.2) is 32.8 Å². The first-order valence-corrected chi connectivity index (χ1v) is 11.4. The number of amides is 1. The van der Waals surface area contributed by atoms with Crippen LogP contribution in [0.25, 0.3) is 16.7 Å². The van der Waals surface area contributed by atoms with Crippen LogP contribution < -0.4 is 10.5 Å². The summed E-state index contributed by atoms with van der Waals surface area (Å²) >= 11 is 0. The number of para-hydroxylation sites is 1. The lowest BCUT2D eigenvalue weighted by Gasteiger charge is -2.34. The van der Waals surface area contributed by atoms with Crippen LogP contribution in [0, 0.1) is 5.82 Å². The molecule has 0 bridgehead atoms. The van der Waals surface area contributed by atoms with Crippen LogP contribution in [0.4, 0.5) is 14.9 Å². The quantitative estimate of drug-likeness (QED) is 0.473. The van der Waals surface area contributed by atoms with E-state index in [4.69, 9.17) is 9.72 Å². The summed E-state index contributed by atoms with van der Waals surface area (Å²) in [6.07, 6.45) is 4.25. The molecule has 2 aromatic carbocycles. The minimum absolute atomic E-state index is 0.0882. The molecule has 1 aliphatic heterocycles. The number of carbonyl (C=O) groups excluding carboxylic acids is 1. The van der Waals surface area contributed by atoms with Crippen LogP contribution in [0.1, 0.15) is 37.4 Å². The number of nitrogens with zero attached hydrogens (tertiary/aromatic N) is 3. The molecule has 7 nitrogen and oxygen atoms in total. The maximum atomic E-state index is 14.2. The van der Waals surface area contributed by atoms with Gasteiger partial charge in [-0.25, -0.2) is 14.2 Å². The lowest BCUT2D eigenvalue weighted by molar-refractivity contribution is 0.0208. The molecular weight excluding hydrogens is 435 g/mol. The highest BCUT2D eigenvalue weighted by atomic mass is 19.1. The fourth-order valence-corrected chi connectivity index (χ4v) is 5.16. The van der Waals surface area contributed by atoms with Crippen LogP contribution in [0.15, 0.2) is 71.7 Å². The largest absolute Gasteiger partial charge is 0.441 e. The lowest BCUT2D eigenvalue weighted by Crippen LogP contribution is -2.38. The van der Waals surface area contributed by atoms with E-state index in [1.807, 2.05) is 24.3 Å². The number of benzene rings is 2. The van der Waals surface area contributed by atoms with Gasteiger partial charge in [-0.05, 0) is 62.1 Å². The summed E-state index contributed by atoms with van der Waals surface area (Å²) in [6.45, 7) is 0.356. The molecule has 3 heterocycles. The molecule has 2 aliphatic rings. The van der Waals surface area contributed by atoms with Crippen molar-refractivity contribution in [1.29, 1.82) is 0 Å². The first-order chi connectivity index (χ1) is 16.5. The lowest BCUT2D eigenvalue weighted by atomic mass is 9.78. The maximum Gasteiger partial charge on any atom is 0.415 e. The van der Waals surface area contributed by atoms with Crippen LogP contribution in [0.5, 0.6) is 0 Å². The summed E-state index contributed by atoms with van der Waals surface area (Å²) in [5, 5.41) is 0. The van der Waals surface area contributed by atoms with Gasteiger partial charge >= 0.3 is 6.09 Å². The number of hydrogen-bond donors (Lipinski definition) is 1. The van der Waals surface area contributed by atoms with Crippen molar-refractivity contribution in [3.63, 3.8) is 0 Å². The van der Waals surface area contributed by atoms with Crippen molar-refractivity contribution >= 4 is 22.8 Å². The van der Waals surface area contributed by atoms with Crippen LogP contribution in [0.3, 0.4) is 0 Å².